The summed E-state index contributed by atoms with van der Waals surface area (Å²) in [5, 5.41) is 21.2. The molecule has 1 aliphatic heterocycles. The molecule has 0 radical (unpaired) electrons. The summed E-state index contributed by atoms with van der Waals surface area (Å²) in [4.78, 5) is 18.6. The fourth-order valence-corrected chi connectivity index (χ4v) is 4.54. The van der Waals surface area contributed by atoms with E-state index in [0.717, 1.165) is 0 Å². The SMILES string of the molecule is Cn1ccn(-c2ccc(-c3cc(F)cc(-c4ccnc(N5CCC(O)C5)c4)c3O)cc2Cl)c1=O. The minimum atomic E-state index is -0.516. The number of benzene rings is 2. The average Bonchev–Trinajstić information content (AvgIpc) is 3.40. The fraction of sp³-hybridized carbons (Fsp3) is 0.200. The van der Waals surface area contributed by atoms with Gasteiger partial charge in [0.1, 0.15) is 17.4 Å². The van der Waals surface area contributed by atoms with Crippen molar-refractivity contribution in [3.8, 4) is 33.7 Å². The molecule has 3 heterocycles. The highest BCUT2D eigenvalue weighted by molar-refractivity contribution is 6.32. The summed E-state index contributed by atoms with van der Waals surface area (Å²) in [5.41, 5.74) is 1.94. The minimum absolute atomic E-state index is 0.0966. The van der Waals surface area contributed by atoms with Crippen molar-refractivity contribution in [1.82, 2.24) is 14.1 Å². The van der Waals surface area contributed by atoms with Crippen LogP contribution in [0.5, 0.6) is 5.75 Å². The highest BCUT2D eigenvalue weighted by Gasteiger charge is 2.22. The monoisotopic (exact) mass is 480 g/mol. The molecule has 2 N–H and O–H groups in total. The van der Waals surface area contributed by atoms with Gasteiger partial charge in [-0.2, -0.15) is 0 Å². The Bertz CT molecular complexity index is 1450. The first-order chi connectivity index (χ1) is 16.3. The lowest BCUT2D eigenvalue weighted by Gasteiger charge is -2.18. The summed E-state index contributed by atoms with van der Waals surface area (Å²) in [6.07, 6.45) is 5.10. The molecule has 0 bridgehead atoms. The van der Waals surface area contributed by atoms with Gasteiger partial charge in [0, 0.05) is 49.9 Å². The van der Waals surface area contributed by atoms with Crippen LogP contribution in [0.25, 0.3) is 27.9 Å². The van der Waals surface area contributed by atoms with Crippen LogP contribution in [0.1, 0.15) is 6.42 Å². The molecule has 1 fully saturated rings. The van der Waals surface area contributed by atoms with E-state index in [-0.39, 0.29) is 22.0 Å². The quantitative estimate of drug-likeness (QED) is 0.461. The first-order valence-electron chi connectivity index (χ1n) is 10.8. The van der Waals surface area contributed by atoms with Gasteiger partial charge in [-0.25, -0.2) is 14.2 Å². The number of phenols is 1. The van der Waals surface area contributed by atoms with Gasteiger partial charge in [0.05, 0.1) is 16.8 Å². The second-order valence-corrected chi connectivity index (χ2v) is 8.78. The molecule has 1 aliphatic rings. The second kappa shape index (κ2) is 8.62. The van der Waals surface area contributed by atoms with E-state index in [1.807, 2.05) is 4.90 Å². The Morgan fingerprint density at radius 1 is 1.09 bits per heavy atom. The van der Waals surface area contributed by atoms with Crippen LogP contribution < -0.4 is 10.6 Å². The van der Waals surface area contributed by atoms with E-state index in [1.165, 1.54) is 21.3 Å². The lowest BCUT2D eigenvalue weighted by atomic mass is 9.97. The Labute approximate surface area is 199 Å². The third-order valence-corrected chi connectivity index (χ3v) is 6.39. The molecule has 34 heavy (non-hydrogen) atoms. The topological polar surface area (TPSA) is 83.5 Å². The number of aromatic nitrogens is 3. The Balaban J connectivity index is 1.55. The Morgan fingerprint density at radius 2 is 1.82 bits per heavy atom. The van der Waals surface area contributed by atoms with Crippen molar-refractivity contribution in [2.24, 2.45) is 7.05 Å². The molecule has 5 rings (SSSR count). The number of hydrogen-bond donors (Lipinski definition) is 2. The molecule has 7 nitrogen and oxygen atoms in total. The van der Waals surface area contributed by atoms with Gasteiger partial charge >= 0.3 is 5.69 Å². The molecule has 2 aromatic carbocycles. The lowest BCUT2D eigenvalue weighted by Crippen LogP contribution is -2.22. The van der Waals surface area contributed by atoms with Gasteiger partial charge in [-0.05, 0) is 53.9 Å². The number of halogens is 2. The van der Waals surface area contributed by atoms with Crippen LogP contribution in [0.2, 0.25) is 5.02 Å². The predicted molar refractivity (Wildman–Crippen MR) is 129 cm³/mol. The number of aromatic hydroxyl groups is 1. The Hall–Kier alpha value is -3.62. The molecule has 1 saturated heterocycles. The van der Waals surface area contributed by atoms with Crippen molar-refractivity contribution in [2.75, 3.05) is 18.0 Å². The lowest BCUT2D eigenvalue weighted by molar-refractivity contribution is 0.198. The normalized spacial score (nSPS) is 15.8. The summed E-state index contributed by atoms with van der Waals surface area (Å²) >= 11 is 6.47. The molecule has 2 aromatic heterocycles. The maximum atomic E-state index is 14.7. The van der Waals surface area contributed by atoms with Crippen LogP contribution >= 0.6 is 11.6 Å². The van der Waals surface area contributed by atoms with E-state index < -0.39 is 11.9 Å². The van der Waals surface area contributed by atoms with Gasteiger partial charge in [0.25, 0.3) is 0 Å². The van der Waals surface area contributed by atoms with Gasteiger partial charge in [-0.3, -0.25) is 4.57 Å². The molecule has 9 heteroatoms. The minimum Gasteiger partial charge on any atom is -0.507 e. The molecule has 174 valence electrons. The zero-order chi connectivity index (χ0) is 24.0. The van der Waals surface area contributed by atoms with Crippen molar-refractivity contribution in [3.63, 3.8) is 0 Å². The van der Waals surface area contributed by atoms with Gasteiger partial charge in [-0.15, -0.1) is 0 Å². The van der Waals surface area contributed by atoms with E-state index in [9.17, 15) is 19.4 Å². The van der Waals surface area contributed by atoms with Crippen LogP contribution in [-0.4, -0.2) is 43.5 Å². The molecular formula is C25H22ClFN4O3. The smallest absolute Gasteiger partial charge is 0.332 e. The Kier molecular flexibility index (Phi) is 5.63. The highest BCUT2D eigenvalue weighted by Crippen LogP contribution is 2.41. The van der Waals surface area contributed by atoms with Crippen LogP contribution in [0.15, 0.2) is 65.8 Å². The number of rotatable bonds is 4. The van der Waals surface area contributed by atoms with Crippen molar-refractivity contribution in [1.29, 1.82) is 0 Å². The molecule has 0 amide bonds. The van der Waals surface area contributed by atoms with E-state index in [2.05, 4.69) is 4.98 Å². The molecule has 4 aromatic rings. The standard InChI is InChI=1S/C25H22ClFN4O3/c1-29-8-9-31(25(29)34)22-3-2-15(10-21(22)26)19-12-17(27)13-20(24(19)33)16-4-6-28-23(11-16)30-7-5-18(32)14-30/h2-4,6,8-13,18,32-33H,5,7,14H2,1H3. The van der Waals surface area contributed by atoms with E-state index in [4.69, 9.17) is 11.6 Å². The number of pyridine rings is 1. The van der Waals surface area contributed by atoms with Crippen molar-refractivity contribution in [3.05, 3.63) is 82.4 Å². The van der Waals surface area contributed by atoms with Crippen LogP contribution in [0.4, 0.5) is 10.2 Å². The van der Waals surface area contributed by atoms with Gasteiger partial charge in [0.2, 0.25) is 0 Å². The van der Waals surface area contributed by atoms with Crippen molar-refractivity contribution >= 4 is 17.4 Å². The number of anilines is 1. The number of aliphatic hydroxyl groups excluding tert-OH is 1. The largest absolute Gasteiger partial charge is 0.507 e. The van der Waals surface area contributed by atoms with Gasteiger partial charge in [0.15, 0.2) is 0 Å². The van der Waals surface area contributed by atoms with E-state index in [1.54, 1.807) is 56.0 Å². The number of imidazole rings is 1. The third-order valence-electron chi connectivity index (χ3n) is 6.08. The molecule has 1 unspecified atom stereocenters. The fourth-order valence-electron chi connectivity index (χ4n) is 4.27. The summed E-state index contributed by atoms with van der Waals surface area (Å²) in [5.74, 6) is 0.0397. The summed E-state index contributed by atoms with van der Waals surface area (Å²) in [6.45, 7) is 1.15. The van der Waals surface area contributed by atoms with E-state index in [0.29, 0.717) is 47.7 Å². The average molecular weight is 481 g/mol. The number of aryl methyl sites for hydroxylation is 1. The molecular weight excluding hydrogens is 459 g/mol. The number of β-amino-alcohol motifs (C(OH)–C–C–N with tert-alkyl or cyclic N) is 1. The summed E-state index contributed by atoms with van der Waals surface area (Å²) in [6, 6.07) is 10.9. The van der Waals surface area contributed by atoms with Crippen molar-refractivity contribution < 1.29 is 14.6 Å². The second-order valence-electron chi connectivity index (χ2n) is 8.37. The number of aliphatic hydroxyl groups is 1. The zero-order valence-electron chi connectivity index (χ0n) is 18.3. The molecule has 0 saturated carbocycles. The van der Waals surface area contributed by atoms with Crippen LogP contribution in [-0.2, 0) is 7.05 Å². The number of hydrogen-bond acceptors (Lipinski definition) is 5. The van der Waals surface area contributed by atoms with Crippen molar-refractivity contribution in [2.45, 2.75) is 12.5 Å². The maximum Gasteiger partial charge on any atom is 0.332 e. The predicted octanol–water partition coefficient (Wildman–Crippen LogP) is 3.97. The number of nitrogens with zero attached hydrogens (tertiary/aromatic N) is 4. The van der Waals surface area contributed by atoms with Gasteiger partial charge < -0.3 is 19.7 Å². The zero-order valence-corrected chi connectivity index (χ0v) is 19.1. The third kappa shape index (κ3) is 3.95. The maximum absolute atomic E-state index is 14.7. The first-order valence-corrected chi connectivity index (χ1v) is 11.2. The van der Waals surface area contributed by atoms with E-state index >= 15 is 0 Å². The summed E-state index contributed by atoms with van der Waals surface area (Å²) in [7, 11) is 1.64. The summed E-state index contributed by atoms with van der Waals surface area (Å²) < 4.78 is 17.5. The molecule has 0 aliphatic carbocycles. The highest BCUT2D eigenvalue weighted by atomic mass is 35.5. The molecule has 1 atom stereocenters. The Morgan fingerprint density at radius 3 is 2.44 bits per heavy atom. The first kappa shape index (κ1) is 22.2. The molecule has 0 spiro atoms. The number of phenolic OH excluding ortho intramolecular Hbond substituents is 1. The van der Waals surface area contributed by atoms with Gasteiger partial charge in [-0.1, -0.05) is 17.7 Å². The van der Waals surface area contributed by atoms with Crippen LogP contribution in [0, 0.1) is 5.82 Å². The van der Waals surface area contributed by atoms with Crippen LogP contribution in [0.3, 0.4) is 0 Å².